The molecule has 2 atom stereocenters. The van der Waals surface area contributed by atoms with Crippen LogP contribution in [-0.4, -0.2) is 44.3 Å². The molecular formula is C14H13ClF6N6. The van der Waals surface area contributed by atoms with Gasteiger partial charge < -0.3 is 10.6 Å². The van der Waals surface area contributed by atoms with E-state index in [-0.39, 0.29) is 0 Å². The van der Waals surface area contributed by atoms with Gasteiger partial charge in [-0.05, 0) is 25.9 Å². The molecule has 0 aliphatic carbocycles. The number of alkyl halides is 6. The van der Waals surface area contributed by atoms with Gasteiger partial charge >= 0.3 is 12.4 Å². The number of nitrogens with zero attached hydrogens (tertiary/aromatic N) is 4. The number of pyridine rings is 1. The highest BCUT2D eigenvalue weighted by atomic mass is 35.5. The maximum Gasteiger partial charge on any atom is 0.408 e. The van der Waals surface area contributed by atoms with Crippen LogP contribution in [0.15, 0.2) is 18.2 Å². The second kappa shape index (κ2) is 7.71. The number of aromatic nitrogens is 4. The second-order valence-corrected chi connectivity index (χ2v) is 5.09. The van der Waals surface area contributed by atoms with E-state index in [1.165, 1.54) is 10.6 Å². The van der Waals surface area contributed by atoms with Gasteiger partial charge in [0.25, 0.3) is 0 Å². The van der Waals surface area contributed by atoms with Crippen molar-refractivity contribution in [3.05, 3.63) is 23.3 Å². The largest absolute Gasteiger partial charge is 0.408 e. The van der Waals surface area contributed by atoms with Crippen LogP contribution < -0.4 is 10.6 Å². The van der Waals surface area contributed by atoms with Crippen molar-refractivity contribution in [1.82, 2.24) is 19.9 Å². The van der Waals surface area contributed by atoms with E-state index in [2.05, 4.69) is 19.9 Å². The number of nitrogens with one attached hydrogen (secondary N) is 2. The highest BCUT2D eigenvalue weighted by Crippen LogP contribution is 2.26. The van der Waals surface area contributed by atoms with E-state index in [1.54, 1.807) is 0 Å². The molecule has 0 spiro atoms. The van der Waals surface area contributed by atoms with Crippen LogP contribution in [0.3, 0.4) is 0 Å². The van der Waals surface area contributed by atoms with E-state index in [4.69, 9.17) is 21.2 Å². The molecule has 0 fully saturated rings. The van der Waals surface area contributed by atoms with Gasteiger partial charge in [0, 0.05) is 4.11 Å². The third kappa shape index (κ3) is 5.81. The summed E-state index contributed by atoms with van der Waals surface area (Å²) in [5.74, 6) is -3.36. The highest BCUT2D eigenvalue weighted by molar-refractivity contribution is 6.29. The summed E-state index contributed by atoms with van der Waals surface area (Å²) in [5.41, 5.74) is -0.621. The summed E-state index contributed by atoms with van der Waals surface area (Å²) in [6, 6.07) is -8.13. The predicted octanol–water partition coefficient (Wildman–Crippen LogP) is 4.31. The Morgan fingerprint density at radius 3 is 2.07 bits per heavy atom. The maximum absolute atomic E-state index is 13.4. The number of hydrogen-bond donors (Lipinski definition) is 2. The molecule has 148 valence electrons. The van der Waals surface area contributed by atoms with Crippen molar-refractivity contribution in [1.29, 1.82) is 0 Å². The Morgan fingerprint density at radius 2 is 1.56 bits per heavy atom. The van der Waals surface area contributed by atoms with Gasteiger partial charge in [0.05, 0.1) is 5.48 Å². The van der Waals surface area contributed by atoms with Gasteiger partial charge in [-0.2, -0.15) is 41.3 Å². The minimum Gasteiger partial charge on any atom is -0.343 e. The summed E-state index contributed by atoms with van der Waals surface area (Å²) >= 11 is 5.69. The van der Waals surface area contributed by atoms with Crippen LogP contribution >= 0.6 is 11.6 Å². The Balaban J connectivity index is 2.74. The molecule has 0 saturated heterocycles. The van der Waals surface area contributed by atoms with Gasteiger partial charge in [0.1, 0.15) is 22.9 Å². The number of hydrogen-bond acceptors (Lipinski definition) is 6. The smallest absolute Gasteiger partial charge is 0.343 e. The molecule has 2 aromatic rings. The Bertz CT molecular complexity index is 1060. The Kier molecular flexibility index (Phi) is 3.69. The van der Waals surface area contributed by atoms with E-state index in [0.29, 0.717) is 6.92 Å². The van der Waals surface area contributed by atoms with E-state index < -0.39 is 71.9 Å². The lowest BCUT2D eigenvalue weighted by Gasteiger charge is -2.20. The van der Waals surface area contributed by atoms with Crippen molar-refractivity contribution in [2.75, 3.05) is 10.6 Å². The predicted molar refractivity (Wildman–Crippen MR) is 86.3 cm³/mol. The van der Waals surface area contributed by atoms with Gasteiger partial charge in [-0.3, -0.25) is 0 Å². The van der Waals surface area contributed by atoms with Crippen molar-refractivity contribution in [2.45, 2.75) is 38.2 Å². The van der Waals surface area contributed by atoms with Crippen LogP contribution in [0.25, 0.3) is 11.5 Å². The maximum atomic E-state index is 13.4. The average Bonchev–Trinajstić information content (AvgIpc) is 2.61. The van der Waals surface area contributed by atoms with Gasteiger partial charge in [-0.1, -0.05) is 17.7 Å². The first-order valence-electron chi connectivity index (χ1n) is 10.2. The molecule has 13 heteroatoms. The molecule has 0 bridgehead atoms. The van der Waals surface area contributed by atoms with Crippen LogP contribution in [0.5, 0.6) is 0 Å². The van der Waals surface area contributed by atoms with Gasteiger partial charge in [0.2, 0.25) is 11.9 Å². The Hall–Kier alpha value is -2.37. The minimum absolute atomic E-state index is 0.330. The number of halogens is 7. The molecule has 0 saturated carbocycles. The van der Waals surface area contributed by atoms with Crippen LogP contribution in [-0.2, 0) is 0 Å². The zero-order chi connectivity index (χ0) is 26.5. The van der Waals surface area contributed by atoms with Crippen molar-refractivity contribution in [3.8, 4) is 11.5 Å². The second-order valence-electron chi connectivity index (χ2n) is 4.74. The van der Waals surface area contributed by atoms with Crippen molar-refractivity contribution in [2.24, 2.45) is 0 Å². The average molecular weight is 422 g/mol. The molecule has 0 aromatic carbocycles. The van der Waals surface area contributed by atoms with Gasteiger partial charge in [-0.15, -0.1) is 0 Å². The van der Waals surface area contributed by atoms with Crippen LogP contribution in [0, 0.1) is 0 Å². The fraction of sp³-hybridized carbons (Fsp3) is 0.429. The molecule has 2 rings (SSSR count). The number of anilines is 2. The molecule has 6 nitrogen and oxygen atoms in total. The van der Waals surface area contributed by atoms with E-state index >= 15 is 0 Å². The minimum atomic E-state index is -5.75. The third-order valence-corrected chi connectivity index (χ3v) is 2.90. The van der Waals surface area contributed by atoms with Crippen molar-refractivity contribution >= 4 is 23.5 Å². The SMILES string of the molecule is [2H]c1cc([2H])c(-c2nc(NC([2H])(C)C(F)(F)F)nc(NC([2H])(C([2H])([2H])[2H])C(F)(F)F)n2)nc1Cl. The molecule has 2 aromatic heterocycles. The van der Waals surface area contributed by atoms with Crippen LogP contribution in [0.4, 0.5) is 38.2 Å². The standard InChI is InChI=1S/C14H13ClF6N6/c1-6(13(16,17)18)22-11-25-10(8-4-3-5-9(15)24-8)26-12(27-11)23-7(2)14(19,20)21/h3-7H,1-2H3,(H2,22,23,25,26,27)/i1D3,4D,5D,6D,7D. The molecule has 2 N–H and O–H groups in total. The van der Waals surface area contributed by atoms with E-state index in [9.17, 15) is 26.3 Å². The molecule has 0 radical (unpaired) electrons. The normalized spacial score (nSPS) is 21.1. The Morgan fingerprint density at radius 1 is 1.00 bits per heavy atom. The van der Waals surface area contributed by atoms with Crippen LogP contribution in [0.1, 0.15) is 23.4 Å². The van der Waals surface area contributed by atoms with Gasteiger partial charge in [-0.25, -0.2) is 4.98 Å². The molecule has 2 unspecified atom stereocenters. The summed E-state index contributed by atoms with van der Waals surface area (Å²) in [4.78, 5) is 13.8. The molecular weight excluding hydrogens is 402 g/mol. The zero-order valence-corrected chi connectivity index (χ0v) is 13.8. The molecule has 0 aliphatic rings. The lowest BCUT2D eigenvalue weighted by molar-refractivity contribution is -0.139. The van der Waals surface area contributed by atoms with E-state index in [1.807, 2.05) is 0 Å². The fourth-order valence-corrected chi connectivity index (χ4v) is 1.60. The summed E-state index contributed by atoms with van der Waals surface area (Å²) < 4.78 is 131. The van der Waals surface area contributed by atoms with E-state index in [0.717, 1.165) is 6.07 Å². The third-order valence-electron chi connectivity index (χ3n) is 2.70. The molecule has 27 heavy (non-hydrogen) atoms. The lowest BCUT2D eigenvalue weighted by Crippen LogP contribution is -2.35. The monoisotopic (exact) mass is 421 g/mol. The first kappa shape index (κ1) is 12.9. The fourth-order valence-electron chi connectivity index (χ4n) is 1.46. The van der Waals surface area contributed by atoms with Crippen molar-refractivity contribution < 1.29 is 35.9 Å². The Labute approximate surface area is 164 Å². The molecule has 0 amide bonds. The summed E-state index contributed by atoms with van der Waals surface area (Å²) in [5, 5.41) is 2.22. The lowest BCUT2D eigenvalue weighted by atomic mass is 10.3. The molecule has 2 heterocycles. The van der Waals surface area contributed by atoms with Crippen molar-refractivity contribution in [3.63, 3.8) is 0 Å². The summed E-state index contributed by atoms with van der Waals surface area (Å²) in [7, 11) is 0. The van der Waals surface area contributed by atoms with Crippen LogP contribution in [0.2, 0.25) is 5.15 Å². The topological polar surface area (TPSA) is 75.6 Å². The first-order valence-corrected chi connectivity index (χ1v) is 7.07. The quantitative estimate of drug-likeness (QED) is 0.553. The first-order chi connectivity index (χ1) is 15.1. The summed E-state index contributed by atoms with van der Waals surface area (Å²) in [6.45, 7) is -3.73. The number of rotatable bonds is 5. The van der Waals surface area contributed by atoms with Gasteiger partial charge in [0.15, 0.2) is 5.82 Å². The zero-order valence-electron chi connectivity index (χ0n) is 20.0. The summed E-state index contributed by atoms with van der Waals surface area (Å²) in [6.07, 6.45) is -11.0. The molecule has 0 aliphatic heterocycles. The highest BCUT2D eigenvalue weighted by Gasteiger charge is 2.38.